The van der Waals surface area contributed by atoms with E-state index in [0.29, 0.717) is 30.5 Å². The summed E-state index contributed by atoms with van der Waals surface area (Å²) in [6.45, 7) is 4.86. The number of nitrogens with one attached hydrogen (secondary N) is 1. The molecule has 0 aromatic carbocycles. The second-order valence-electron chi connectivity index (χ2n) is 5.55. The molecule has 0 spiro atoms. The van der Waals surface area contributed by atoms with Gasteiger partial charge in [-0.05, 0) is 26.2 Å². The van der Waals surface area contributed by atoms with Gasteiger partial charge in [-0.25, -0.2) is 15.0 Å². The topological polar surface area (TPSA) is 83.9 Å². The third-order valence-corrected chi connectivity index (χ3v) is 3.80. The molecule has 2 aromatic heterocycles. The Morgan fingerprint density at radius 1 is 1.33 bits per heavy atom. The van der Waals surface area contributed by atoms with Gasteiger partial charge in [0.2, 0.25) is 0 Å². The lowest BCUT2D eigenvalue weighted by Gasteiger charge is -2.14. The van der Waals surface area contributed by atoms with Crippen LogP contribution < -0.4 is 5.32 Å². The van der Waals surface area contributed by atoms with Crippen molar-refractivity contribution < 1.29 is 4.79 Å². The average molecular weight is 322 g/mol. The number of hydrogen-bond acceptors (Lipinski definition) is 6. The Hall–Kier alpha value is -3.01. The minimum atomic E-state index is -0.122. The molecule has 1 N–H and O–H groups in total. The number of aryl methyl sites for hydroxylation is 1. The lowest BCUT2D eigenvalue weighted by Crippen LogP contribution is -2.27. The van der Waals surface area contributed by atoms with Crippen molar-refractivity contribution in [2.24, 2.45) is 0 Å². The number of anilines is 2. The fraction of sp³-hybridized carbons (Fsp3) is 0.353. The quantitative estimate of drug-likeness (QED) is 0.865. The number of amides is 1. The summed E-state index contributed by atoms with van der Waals surface area (Å²) < 4.78 is 0. The fourth-order valence-electron chi connectivity index (χ4n) is 2.73. The van der Waals surface area contributed by atoms with E-state index in [4.69, 9.17) is 0 Å². The molecule has 2 aromatic rings. The van der Waals surface area contributed by atoms with E-state index in [-0.39, 0.29) is 11.8 Å². The molecule has 3 heterocycles. The number of likely N-dealkylation sites (tertiary alicyclic amines) is 1. The fourth-order valence-corrected chi connectivity index (χ4v) is 2.73. The number of nitrogens with zero attached hydrogens (tertiary/aromatic N) is 5. The summed E-state index contributed by atoms with van der Waals surface area (Å²) in [5.41, 5.74) is 0.925. The van der Waals surface area contributed by atoms with Crippen molar-refractivity contribution in [2.45, 2.75) is 26.2 Å². The van der Waals surface area contributed by atoms with E-state index in [2.05, 4.69) is 37.1 Å². The first kappa shape index (κ1) is 15.9. The van der Waals surface area contributed by atoms with E-state index < -0.39 is 0 Å². The molecule has 1 unspecified atom stereocenters. The second kappa shape index (κ2) is 7.04. The molecule has 1 amide bonds. The number of carbonyl (C=O) groups is 1. The summed E-state index contributed by atoms with van der Waals surface area (Å²) in [6, 6.07) is 1.91. The van der Waals surface area contributed by atoms with E-state index in [1.807, 2.05) is 13.0 Å². The van der Waals surface area contributed by atoms with Crippen LogP contribution in [0.15, 0.2) is 24.7 Å². The van der Waals surface area contributed by atoms with E-state index in [0.717, 1.165) is 12.1 Å². The number of hydrogen-bond donors (Lipinski definition) is 1. The zero-order valence-electron chi connectivity index (χ0n) is 13.7. The highest BCUT2D eigenvalue weighted by Crippen LogP contribution is 2.27. The lowest BCUT2D eigenvalue weighted by atomic mass is 10.0. The first-order valence-electron chi connectivity index (χ1n) is 7.76. The minimum Gasteiger partial charge on any atom is -0.331 e. The van der Waals surface area contributed by atoms with Crippen LogP contribution in [0.25, 0.3) is 0 Å². The maximum atomic E-state index is 11.9. The minimum absolute atomic E-state index is 0.122. The molecule has 0 radical (unpaired) electrons. The van der Waals surface area contributed by atoms with Gasteiger partial charge in [-0.15, -0.1) is 0 Å². The van der Waals surface area contributed by atoms with Crippen LogP contribution in [0.1, 0.15) is 30.8 Å². The summed E-state index contributed by atoms with van der Waals surface area (Å²) >= 11 is 0. The van der Waals surface area contributed by atoms with Gasteiger partial charge in [0.25, 0.3) is 5.91 Å². The molecule has 1 atom stereocenters. The maximum Gasteiger partial charge on any atom is 0.298 e. The Morgan fingerprint density at radius 3 is 2.96 bits per heavy atom. The molecule has 1 aliphatic heterocycles. The van der Waals surface area contributed by atoms with E-state index >= 15 is 0 Å². The van der Waals surface area contributed by atoms with E-state index in [1.165, 1.54) is 0 Å². The van der Waals surface area contributed by atoms with Crippen LogP contribution in [0.5, 0.6) is 0 Å². The Morgan fingerprint density at radius 2 is 2.21 bits per heavy atom. The summed E-state index contributed by atoms with van der Waals surface area (Å²) in [6.07, 6.45) is 5.74. The third kappa shape index (κ3) is 3.66. The van der Waals surface area contributed by atoms with Crippen molar-refractivity contribution in [1.82, 2.24) is 24.8 Å². The monoisotopic (exact) mass is 322 g/mol. The molecule has 7 nitrogen and oxygen atoms in total. The molecular formula is C17H18N6O. The van der Waals surface area contributed by atoms with Gasteiger partial charge in [0.1, 0.15) is 17.5 Å². The largest absolute Gasteiger partial charge is 0.331 e. The van der Waals surface area contributed by atoms with Gasteiger partial charge < -0.3 is 10.2 Å². The zero-order chi connectivity index (χ0) is 16.9. The molecule has 0 bridgehead atoms. The van der Waals surface area contributed by atoms with Gasteiger partial charge in [-0.1, -0.05) is 5.92 Å². The Labute approximate surface area is 140 Å². The van der Waals surface area contributed by atoms with E-state index in [1.54, 1.807) is 30.4 Å². The van der Waals surface area contributed by atoms with Gasteiger partial charge in [0.15, 0.2) is 0 Å². The molecule has 1 fully saturated rings. The van der Waals surface area contributed by atoms with Crippen LogP contribution in [0, 0.1) is 18.8 Å². The summed E-state index contributed by atoms with van der Waals surface area (Å²) in [5.74, 6) is 7.30. The number of rotatable bonds is 3. The predicted octanol–water partition coefficient (Wildman–Crippen LogP) is 1.66. The molecular weight excluding hydrogens is 304 g/mol. The van der Waals surface area contributed by atoms with Gasteiger partial charge in [-0.3, -0.25) is 9.78 Å². The van der Waals surface area contributed by atoms with Crippen LogP contribution in [0.3, 0.4) is 0 Å². The SMILES string of the molecule is CC#CC(=O)N1CCC(c2cc(Nc3cnccn3)nc(C)n2)C1. The van der Waals surface area contributed by atoms with Gasteiger partial charge in [0.05, 0.1) is 11.9 Å². The van der Waals surface area contributed by atoms with Crippen LogP contribution in [-0.2, 0) is 4.79 Å². The molecule has 24 heavy (non-hydrogen) atoms. The summed E-state index contributed by atoms with van der Waals surface area (Å²) in [7, 11) is 0. The standard InChI is InChI=1S/C17H18N6O/c1-3-4-17(24)23-8-5-13(11-23)14-9-15(21-12(2)20-14)22-16-10-18-6-7-19-16/h6-7,9-10,13H,5,8,11H2,1-2H3,(H,19,20,21,22). The first-order valence-corrected chi connectivity index (χ1v) is 7.76. The van der Waals surface area contributed by atoms with Crippen LogP contribution in [0.2, 0.25) is 0 Å². The van der Waals surface area contributed by atoms with Gasteiger partial charge in [0, 0.05) is 37.5 Å². The van der Waals surface area contributed by atoms with Crippen molar-refractivity contribution in [2.75, 3.05) is 18.4 Å². The van der Waals surface area contributed by atoms with Crippen molar-refractivity contribution in [1.29, 1.82) is 0 Å². The first-order chi connectivity index (χ1) is 11.7. The zero-order valence-corrected chi connectivity index (χ0v) is 13.7. The smallest absolute Gasteiger partial charge is 0.298 e. The maximum absolute atomic E-state index is 11.9. The van der Waals surface area contributed by atoms with Crippen LogP contribution in [-0.4, -0.2) is 43.8 Å². The highest BCUT2D eigenvalue weighted by atomic mass is 16.2. The molecule has 0 aliphatic carbocycles. The number of aromatic nitrogens is 4. The van der Waals surface area contributed by atoms with Crippen molar-refractivity contribution in [3.8, 4) is 11.8 Å². The average Bonchev–Trinajstić information content (AvgIpc) is 3.06. The van der Waals surface area contributed by atoms with Crippen molar-refractivity contribution >= 4 is 17.5 Å². The summed E-state index contributed by atoms with van der Waals surface area (Å²) in [5, 5.41) is 3.14. The van der Waals surface area contributed by atoms with Crippen LogP contribution in [0.4, 0.5) is 11.6 Å². The second-order valence-corrected chi connectivity index (χ2v) is 5.55. The predicted molar refractivity (Wildman–Crippen MR) is 89.5 cm³/mol. The molecule has 3 rings (SSSR count). The normalized spacial score (nSPS) is 16.4. The lowest BCUT2D eigenvalue weighted by molar-refractivity contribution is -0.124. The molecule has 1 saturated heterocycles. The van der Waals surface area contributed by atoms with Crippen molar-refractivity contribution in [3.05, 3.63) is 36.2 Å². The van der Waals surface area contributed by atoms with Gasteiger partial charge >= 0.3 is 0 Å². The number of carbonyl (C=O) groups excluding carboxylic acids is 1. The van der Waals surface area contributed by atoms with E-state index in [9.17, 15) is 4.79 Å². The van der Waals surface area contributed by atoms with Crippen LogP contribution >= 0.6 is 0 Å². The van der Waals surface area contributed by atoms with Crippen molar-refractivity contribution in [3.63, 3.8) is 0 Å². The molecule has 7 heteroatoms. The molecule has 0 saturated carbocycles. The third-order valence-electron chi connectivity index (χ3n) is 3.80. The Bertz CT molecular complexity index is 796. The Kier molecular flexibility index (Phi) is 4.66. The highest BCUT2D eigenvalue weighted by Gasteiger charge is 2.28. The van der Waals surface area contributed by atoms with Gasteiger partial charge in [-0.2, -0.15) is 0 Å². The molecule has 1 aliphatic rings. The Balaban J connectivity index is 1.77. The molecule has 122 valence electrons. The highest BCUT2D eigenvalue weighted by molar-refractivity contribution is 5.93. The summed E-state index contributed by atoms with van der Waals surface area (Å²) in [4.78, 5) is 30.8.